The van der Waals surface area contributed by atoms with Crippen LogP contribution in [0.1, 0.15) is 31.9 Å². The smallest absolute Gasteiger partial charge is 0.250 e. The SMILES string of the molecule is CC(C)(C)N1C(=O)[C@@H]2C(Cc3ccc(O)c(O)c3)NC3(C(=O)Nc4ccccc43)[C@@H]2C1=O. The number of nitrogens with zero attached hydrogens (tertiary/aromatic N) is 1. The Kier molecular flexibility index (Phi) is 4.20. The predicted octanol–water partition coefficient (Wildman–Crippen LogP) is 1.86. The van der Waals surface area contributed by atoms with Crippen LogP contribution < -0.4 is 10.6 Å². The number of carbonyl (C=O) groups excluding carboxylic acids is 3. The number of carbonyl (C=O) groups is 3. The number of hydrogen-bond acceptors (Lipinski definition) is 6. The molecule has 2 aromatic carbocycles. The van der Waals surface area contributed by atoms with E-state index in [2.05, 4.69) is 10.6 Å². The molecule has 166 valence electrons. The summed E-state index contributed by atoms with van der Waals surface area (Å²) >= 11 is 0. The minimum Gasteiger partial charge on any atom is -0.504 e. The molecule has 3 heterocycles. The van der Waals surface area contributed by atoms with Crippen LogP contribution in [0.4, 0.5) is 5.69 Å². The molecule has 0 aromatic heterocycles. The first-order valence-corrected chi connectivity index (χ1v) is 10.6. The van der Waals surface area contributed by atoms with Gasteiger partial charge >= 0.3 is 0 Å². The second-order valence-electron chi connectivity index (χ2n) is 9.77. The first-order valence-electron chi connectivity index (χ1n) is 10.6. The van der Waals surface area contributed by atoms with E-state index in [0.717, 1.165) is 0 Å². The summed E-state index contributed by atoms with van der Waals surface area (Å²) in [5.74, 6) is -3.13. The van der Waals surface area contributed by atoms with Gasteiger partial charge in [-0.05, 0) is 51.0 Å². The lowest BCUT2D eigenvalue weighted by Crippen LogP contribution is -2.56. The molecule has 2 saturated heterocycles. The number of aromatic hydroxyl groups is 2. The van der Waals surface area contributed by atoms with Crippen molar-refractivity contribution in [2.75, 3.05) is 5.32 Å². The highest BCUT2D eigenvalue weighted by molar-refractivity contribution is 6.15. The van der Waals surface area contributed by atoms with Crippen LogP contribution in [0.25, 0.3) is 0 Å². The van der Waals surface area contributed by atoms with Crippen molar-refractivity contribution in [1.82, 2.24) is 10.2 Å². The number of para-hydroxylation sites is 1. The van der Waals surface area contributed by atoms with Crippen LogP contribution in [-0.4, -0.2) is 44.4 Å². The second kappa shape index (κ2) is 6.56. The molecule has 0 saturated carbocycles. The number of benzene rings is 2. The number of phenols is 2. The maximum atomic E-state index is 13.7. The molecule has 0 radical (unpaired) electrons. The zero-order chi connectivity index (χ0) is 23.0. The summed E-state index contributed by atoms with van der Waals surface area (Å²) in [4.78, 5) is 41.9. The molecule has 3 aliphatic rings. The standard InChI is InChI=1S/C24H25N3O5/c1-23(2,3)27-20(30)18-15(10-12-8-9-16(28)17(29)11-12)26-24(19(18)21(27)31)13-6-4-5-7-14(13)25-22(24)32/h4-9,11,15,18-19,26,28-29H,10H2,1-3H3,(H,25,32)/t15?,18-,19+,24?/m1/s1. The quantitative estimate of drug-likeness (QED) is 0.422. The molecule has 4 N–H and O–H groups in total. The van der Waals surface area contributed by atoms with Crippen molar-refractivity contribution in [1.29, 1.82) is 0 Å². The van der Waals surface area contributed by atoms with Gasteiger partial charge in [0.2, 0.25) is 17.7 Å². The van der Waals surface area contributed by atoms with Gasteiger partial charge in [0.25, 0.3) is 0 Å². The summed E-state index contributed by atoms with van der Waals surface area (Å²) in [7, 11) is 0. The van der Waals surface area contributed by atoms with Gasteiger partial charge in [-0.15, -0.1) is 0 Å². The molecule has 32 heavy (non-hydrogen) atoms. The summed E-state index contributed by atoms with van der Waals surface area (Å²) in [5.41, 5.74) is -0.114. The molecule has 1 spiro atoms. The van der Waals surface area contributed by atoms with Gasteiger partial charge in [-0.1, -0.05) is 24.3 Å². The number of nitrogens with one attached hydrogen (secondary N) is 2. The fraction of sp³-hybridized carbons (Fsp3) is 0.375. The Balaban J connectivity index is 1.64. The van der Waals surface area contributed by atoms with Gasteiger partial charge in [0.1, 0.15) is 5.54 Å². The van der Waals surface area contributed by atoms with Crippen molar-refractivity contribution in [2.24, 2.45) is 11.8 Å². The number of hydrogen-bond donors (Lipinski definition) is 4. The third-order valence-corrected chi connectivity index (χ3v) is 6.79. The molecule has 2 fully saturated rings. The fourth-order valence-corrected chi connectivity index (χ4v) is 5.54. The van der Waals surface area contributed by atoms with Gasteiger partial charge in [0.05, 0.1) is 11.8 Å². The van der Waals surface area contributed by atoms with E-state index in [4.69, 9.17) is 0 Å². The topological polar surface area (TPSA) is 119 Å². The van der Waals surface area contributed by atoms with Crippen molar-refractivity contribution in [3.05, 3.63) is 53.6 Å². The number of fused-ring (bicyclic) bond motifs is 4. The van der Waals surface area contributed by atoms with E-state index in [-0.39, 0.29) is 29.2 Å². The zero-order valence-corrected chi connectivity index (χ0v) is 18.0. The van der Waals surface area contributed by atoms with E-state index in [1.807, 2.05) is 18.2 Å². The van der Waals surface area contributed by atoms with E-state index in [1.54, 1.807) is 32.9 Å². The van der Waals surface area contributed by atoms with E-state index < -0.39 is 29.0 Å². The van der Waals surface area contributed by atoms with E-state index >= 15 is 0 Å². The lowest BCUT2D eigenvalue weighted by molar-refractivity contribution is -0.147. The maximum absolute atomic E-state index is 13.7. The normalized spacial score (nSPS) is 28.9. The summed E-state index contributed by atoms with van der Waals surface area (Å²) in [6.45, 7) is 5.42. The van der Waals surface area contributed by atoms with E-state index in [9.17, 15) is 24.6 Å². The summed E-state index contributed by atoms with van der Waals surface area (Å²) in [6.07, 6.45) is 0.295. The molecule has 0 aliphatic carbocycles. The molecule has 0 bridgehead atoms. The number of phenolic OH excluding ortho intramolecular Hbond substituents is 2. The Labute approximate surface area is 185 Å². The number of rotatable bonds is 2. The third kappa shape index (κ3) is 2.62. The summed E-state index contributed by atoms with van der Waals surface area (Å²) in [5, 5.41) is 25.8. The maximum Gasteiger partial charge on any atom is 0.250 e. The number of anilines is 1. The number of imide groups is 1. The molecule has 2 aromatic rings. The number of likely N-dealkylation sites (tertiary alicyclic amines) is 1. The van der Waals surface area contributed by atoms with Crippen LogP contribution in [0.2, 0.25) is 0 Å². The highest BCUT2D eigenvalue weighted by Crippen LogP contribution is 2.54. The van der Waals surface area contributed by atoms with Crippen molar-refractivity contribution < 1.29 is 24.6 Å². The van der Waals surface area contributed by atoms with Gasteiger partial charge < -0.3 is 15.5 Å². The Morgan fingerprint density at radius 2 is 1.72 bits per heavy atom. The average Bonchev–Trinajstić information content (AvgIpc) is 3.29. The molecule has 3 amide bonds. The Bertz CT molecular complexity index is 1170. The summed E-state index contributed by atoms with van der Waals surface area (Å²) < 4.78 is 0. The minimum absolute atomic E-state index is 0.238. The molecular weight excluding hydrogens is 410 g/mol. The Morgan fingerprint density at radius 1 is 1.00 bits per heavy atom. The largest absolute Gasteiger partial charge is 0.504 e. The number of amides is 3. The fourth-order valence-electron chi connectivity index (χ4n) is 5.54. The molecule has 3 aliphatic heterocycles. The first-order chi connectivity index (χ1) is 15.1. The van der Waals surface area contributed by atoms with Crippen molar-refractivity contribution >= 4 is 23.4 Å². The van der Waals surface area contributed by atoms with Gasteiger partial charge in [0, 0.05) is 22.8 Å². The molecule has 8 nitrogen and oxygen atoms in total. The third-order valence-electron chi connectivity index (χ3n) is 6.79. The molecule has 5 rings (SSSR count). The molecular formula is C24H25N3O5. The first kappa shape index (κ1) is 20.5. The zero-order valence-electron chi connectivity index (χ0n) is 18.0. The lowest BCUT2D eigenvalue weighted by Gasteiger charge is -2.34. The highest BCUT2D eigenvalue weighted by atomic mass is 16.3. The average molecular weight is 435 g/mol. The monoisotopic (exact) mass is 435 g/mol. The van der Waals surface area contributed by atoms with Gasteiger partial charge in [-0.2, -0.15) is 0 Å². The van der Waals surface area contributed by atoms with Crippen LogP contribution >= 0.6 is 0 Å². The highest BCUT2D eigenvalue weighted by Gasteiger charge is 2.71. The van der Waals surface area contributed by atoms with Gasteiger partial charge in [-0.3, -0.25) is 24.6 Å². The lowest BCUT2D eigenvalue weighted by atomic mass is 9.76. The predicted molar refractivity (Wildman–Crippen MR) is 116 cm³/mol. The Hall–Kier alpha value is -3.39. The molecule has 2 unspecified atom stereocenters. The molecule has 4 atom stereocenters. The van der Waals surface area contributed by atoms with Crippen molar-refractivity contribution in [2.45, 2.75) is 44.3 Å². The van der Waals surface area contributed by atoms with Crippen LogP contribution in [0.15, 0.2) is 42.5 Å². The minimum atomic E-state index is -1.35. The van der Waals surface area contributed by atoms with E-state index in [1.165, 1.54) is 17.0 Å². The van der Waals surface area contributed by atoms with Crippen molar-refractivity contribution in [3.63, 3.8) is 0 Å². The van der Waals surface area contributed by atoms with Crippen LogP contribution in [0.3, 0.4) is 0 Å². The van der Waals surface area contributed by atoms with Crippen LogP contribution in [-0.2, 0) is 26.3 Å². The summed E-state index contributed by atoms with van der Waals surface area (Å²) in [6, 6.07) is 11.2. The van der Waals surface area contributed by atoms with Gasteiger partial charge in [0.15, 0.2) is 11.5 Å². The van der Waals surface area contributed by atoms with E-state index in [0.29, 0.717) is 23.2 Å². The van der Waals surface area contributed by atoms with Gasteiger partial charge in [-0.25, -0.2) is 0 Å². The van der Waals surface area contributed by atoms with Crippen molar-refractivity contribution in [3.8, 4) is 11.5 Å². The molecule has 8 heteroatoms. The second-order valence-corrected chi connectivity index (χ2v) is 9.77. The Morgan fingerprint density at radius 3 is 2.41 bits per heavy atom. The van der Waals surface area contributed by atoms with Crippen LogP contribution in [0, 0.1) is 11.8 Å². The van der Waals surface area contributed by atoms with Crippen LogP contribution in [0.5, 0.6) is 11.5 Å².